The first-order valence-corrected chi connectivity index (χ1v) is 2.97. The molecule has 0 bridgehead atoms. The third kappa shape index (κ3) is 0.733. The molecule has 1 radical (unpaired) electrons. The molecule has 9 heavy (non-hydrogen) atoms. The number of rotatable bonds is 1. The second-order valence-corrected chi connectivity index (χ2v) is 2.36. The summed E-state index contributed by atoms with van der Waals surface area (Å²) in [5.41, 5.74) is 1.00. The van der Waals surface area contributed by atoms with Crippen molar-refractivity contribution in [1.82, 2.24) is 10.2 Å². The topological polar surface area (TPSA) is 48.9 Å². The number of nitrogens with zero attached hydrogens (tertiary/aromatic N) is 1. The molecule has 2 atom stereocenters. The highest BCUT2D eigenvalue weighted by Gasteiger charge is 2.37. The summed E-state index contributed by atoms with van der Waals surface area (Å²) >= 11 is 0. The Morgan fingerprint density at radius 2 is 2.67 bits per heavy atom. The molecule has 0 saturated heterocycles. The van der Waals surface area contributed by atoms with Gasteiger partial charge in [0, 0.05) is 11.6 Å². The molecule has 1 aromatic rings. The number of hydrogen-bond donors (Lipinski definition) is 2. The van der Waals surface area contributed by atoms with Crippen LogP contribution in [0.2, 0.25) is 0 Å². The maximum absolute atomic E-state index is 8.94. The first kappa shape index (κ1) is 4.99. The van der Waals surface area contributed by atoms with Crippen LogP contribution in [0.4, 0.5) is 0 Å². The predicted octanol–water partition coefficient (Wildman–Crippen LogP) is 0.0581. The Hall–Kier alpha value is -0.830. The van der Waals surface area contributed by atoms with Crippen molar-refractivity contribution in [2.75, 3.05) is 0 Å². The second kappa shape index (κ2) is 1.57. The summed E-state index contributed by atoms with van der Waals surface area (Å²) in [6.07, 6.45) is 3.39. The molecule has 1 aliphatic rings. The van der Waals surface area contributed by atoms with E-state index < -0.39 is 0 Å². The third-order valence-corrected chi connectivity index (χ3v) is 1.63. The van der Waals surface area contributed by atoms with E-state index in [0.29, 0.717) is 5.92 Å². The van der Waals surface area contributed by atoms with Crippen molar-refractivity contribution >= 4 is 0 Å². The van der Waals surface area contributed by atoms with E-state index in [-0.39, 0.29) is 6.10 Å². The van der Waals surface area contributed by atoms with Crippen LogP contribution in [0, 0.1) is 6.20 Å². The summed E-state index contributed by atoms with van der Waals surface area (Å²) in [5.74, 6) is 0.309. The molecule has 0 aliphatic heterocycles. The van der Waals surface area contributed by atoms with Crippen LogP contribution in [0.25, 0.3) is 0 Å². The SMILES string of the molecule is OC1CC1c1c[c]n[nH]1. The van der Waals surface area contributed by atoms with Gasteiger partial charge in [-0.05, 0) is 12.5 Å². The standard InChI is InChI=1S/C6H7N2O/c9-6-3-4(6)5-1-2-7-8-5/h1,4,6,9H,3H2,(H,7,8). The molecule has 0 amide bonds. The smallest absolute Gasteiger partial charge is 0.113 e. The maximum atomic E-state index is 8.94. The summed E-state index contributed by atoms with van der Waals surface area (Å²) < 4.78 is 0. The molecule has 3 nitrogen and oxygen atoms in total. The van der Waals surface area contributed by atoms with Gasteiger partial charge in [0.1, 0.15) is 6.20 Å². The van der Waals surface area contributed by atoms with Gasteiger partial charge in [0.05, 0.1) is 6.10 Å². The fourth-order valence-electron chi connectivity index (χ4n) is 0.937. The number of aliphatic hydroxyl groups is 1. The lowest BCUT2D eigenvalue weighted by Gasteiger charge is -1.85. The van der Waals surface area contributed by atoms with Gasteiger partial charge < -0.3 is 5.11 Å². The quantitative estimate of drug-likeness (QED) is 0.554. The Balaban J connectivity index is 2.18. The van der Waals surface area contributed by atoms with Gasteiger partial charge in [-0.1, -0.05) is 0 Å². The monoisotopic (exact) mass is 123 g/mol. The largest absolute Gasteiger partial charge is 0.392 e. The van der Waals surface area contributed by atoms with Gasteiger partial charge in [-0.2, -0.15) is 5.10 Å². The van der Waals surface area contributed by atoms with Gasteiger partial charge in [-0.3, -0.25) is 5.10 Å². The van der Waals surface area contributed by atoms with Crippen LogP contribution >= 0.6 is 0 Å². The predicted molar refractivity (Wildman–Crippen MR) is 30.8 cm³/mol. The molecule has 2 N–H and O–H groups in total. The Labute approximate surface area is 52.7 Å². The third-order valence-electron chi connectivity index (χ3n) is 1.63. The zero-order chi connectivity index (χ0) is 6.27. The Bertz CT molecular complexity index is 195. The minimum absolute atomic E-state index is 0.140. The number of hydrogen-bond acceptors (Lipinski definition) is 2. The molecule has 1 aromatic heterocycles. The average Bonchev–Trinajstić information content (AvgIpc) is 2.44. The lowest BCUT2D eigenvalue weighted by molar-refractivity contribution is 0.271. The van der Waals surface area contributed by atoms with Crippen LogP contribution in [-0.2, 0) is 0 Å². The van der Waals surface area contributed by atoms with Crippen molar-refractivity contribution in [3.8, 4) is 0 Å². The molecule has 1 saturated carbocycles. The summed E-state index contributed by atoms with van der Waals surface area (Å²) in [4.78, 5) is 0. The van der Waals surface area contributed by atoms with Crippen molar-refractivity contribution in [3.63, 3.8) is 0 Å². The second-order valence-electron chi connectivity index (χ2n) is 2.36. The maximum Gasteiger partial charge on any atom is 0.113 e. The van der Waals surface area contributed by atoms with Crippen LogP contribution in [0.15, 0.2) is 6.07 Å². The first-order chi connectivity index (χ1) is 4.38. The molecule has 1 aliphatic carbocycles. The Kier molecular flexibility index (Phi) is 0.873. The fourth-order valence-corrected chi connectivity index (χ4v) is 0.937. The van der Waals surface area contributed by atoms with E-state index in [4.69, 9.17) is 5.11 Å². The number of nitrogens with one attached hydrogen (secondary N) is 1. The lowest BCUT2D eigenvalue weighted by atomic mass is 10.3. The van der Waals surface area contributed by atoms with E-state index in [1.165, 1.54) is 0 Å². The van der Waals surface area contributed by atoms with E-state index in [9.17, 15) is 0 Å². The number of H-pyrrole nitrogens is 1. The van der Waals surface area contributed by atoms with Gasteiger partial charge in [0.15, 0.2) is 0 Å². The highest BCUT2D eigenvalue weighted by molar-refractivity contribution is 5.15. The molecule has 3 heteroatoms. The van der Waals surface area contributed by atoms with Crippen molar-refractivity contribution in [2.24, 2.45) is 0 Å². The highest BCUT2D eigenvalue weighted by atomic mass is 16.3. The molecular formula is C6H7N2O. The van der Waals surface area contributed by atoms with Crippen molar-refractivity contribution in [2.45, 2.75) is 18.4 Å². The molecular weight excluding hydrogens is 116 g/mol. The van der Waals surface area contributed by atoms with Crippen LogP contribution in [0.5, 0.6) is 0 Å². The minimum atomic E-state index is -0.140. The molecule has 1 heterocycles. The van der Waals surface area contributed by atoms with Crippen molar-refractivity contribution in [3.05, 3.63) is 18.0 Å². The van der Waals surface area contributed by atoms with E-state index in [1.54, 1.807) is 6.07 Å². The number of aromatic nitrogens is 2. The van der Waals surface area contributed by atoms with Crippen LogP contribution in [-0.4, -0.2) is 21.4 Å². The molecule has 0 aromatic carbocycles. The molecule has 2 rings (SSSR count). The van der Waals surface area contributed by atoms with Gasteiger partial charge in [0.25, 0.3) is 0 Å². The van der Waals surface area contributed by atoms with E-state index in [1.807, 2.05) is 0 Å². The lowest BCUT2D eigenvalue weighted by Crippen LogP contribution is -1.85. The van der Waals surface area contributed by atoms with Gasteiger partial charge in [-0.25, -0.2) is 0 Å². The van der Waals surface area contributed by atoms with E-state index >= 15 is 0 Å². The molecule has 1 fully saturated rings. The van der Waals surface area contributed by atoms with E-state index in [2.05, 4.69) is 16.4 Å². The van der Waals surface area contributed by atoms with Gasteiger partial charge >= 0.3 is 0 Å². The van der Waals surface area contributed by atoms with Gasteiger partial charge in [0.2, 0.25) is 0 Å². The van der Waals surface area contributed by atoms with Crippen molar-refractivity contribution < 1.29 is 5.11 Å². The van der Waals surface area contributed by atoms with Crippen LogP contribution in [0.3, 0.4) is 0 Å². The summed E-state index contributed by atoms with van der Waals surface area (Å²) in [7, 11) is 0. The summed E-state index contributed by atoms with van der Waals surface area (Å²) in [6.45, 7) is 0. The van der Waals surface area contributed by atoms with Crippen LogP contribution < -0.4 is 0 Å². The van der Waals surface area contributed by atoms with Crippen molar-refractivity contribution in [1.29, 1.82) is 0 Å². The van der Waals surface area contributed by atoms with E-state index in [0.717, 1.165) is 12.1 Å². The summed E-state index contributed by atoms with van der Waals surface area (Å²) in [6, 6.07) is 1.78. The normalized spacial score (nSPS) is 32.6. The Morgan fingerprint density at radius 1 is 1.89 bits per heavy atom. The Morgan fingerprint density at radius 3 is 3.11 bits per heavy atom. The zero-order valence-electron chi connectivity index (χ0n) is 4.83. The summed E-state index contributed by atoms with van der Waals surface area (Å²) in [5, 5.41) is 15.4. The van der Waals surface area contributed by atoms with Crippen LogP contribution in [0.1, 0.15) is 18.0 Å². The zero-order valence-corrected chi connectivity index (χ0v) is 4.83. The highest BCUT2D eigenvalue weighted by Crippen LogP contribution is 2.38. The average molecular weight is 123 g/mol. The minimum Gasteiger partial charge on any atom is -0.392 e. The molecule has 2 unspecified atom stereocenters. The van der Waals surface area contributed by atoms with Gasteiger partial charge in [-0.15, -0.1) is 0 Å². The number of aromatic amines is 1. The fraction of sp³-hybridized carbons (Fsp3) is 0.500. The molecule has 0 spiro atoms. The molecule has 47 valence electrons. The number of aliphatic hydroxyl groups excluding tert-OH is 1. The first-order valence-electron chi connectivity index (χ1n) is 2.97.